The summed E-state index contributed by atoms with van der Waals surface area (Å²) in [5.41, 5.74) is 2.36. The van der Waals surface area contributed by atoms with E-state index in [1.807, 2.05) is 36.4 Å². The number of rotatable bonds is 9. The maximum Gasteiger partial charge on any atom is 0.297 e. The van der Waals surface area contributed by atoms with E-state index in [9.17, 15) is 8.42 Å². The van der Waals surface area contributed by atoms with Crippen LogP contribution in [0.25, 0.3) is 0 Å². The first-order valence-corrected chi connectivity index (χ1v) is 10.3. The van der Waals surface area contributed by atoms with Gasteiger partial charge in [0.05, 0.1) is 11.5 Å². The molecule has 0 N–H and O–H groups in total. The van der Waals surface area contributed by atoms with Crippen LogP contribution in [0.1, 0.15) is 11.1 Å². The standard InChI is InChI=1S/C22H23NO3S/c24-27(25,22-14-8-3-9-15-22)26-17-16-23(18-20-10-4-1-5-11-20)19-21-12-6-2-7-13-21/h1-15H,16-19H2. The lowest BCUT2D eigenvalue weighted by atomic mass is 10.1. The average molecular weight is 381 g/mol. The maximum absolute atomic E-state index is 12.3. The third kappa shape index (κ3) is 6.03. The van der Waals surface area contributed by atoms with Gasteiger partial charge in [0.1, 0.15) is 0 Å². The first kappa shape index (κ1) is 19.3. The Hall–Kier alpha value is -2.47. The molecule has 0 spiro atoms. The molecule has 0 aromatic heterocycles. The van der Waals surface area contributed by atoms with Crippen molar-refractivity contribution in [1.82, 2.24) is 4.90 Å². The molecule has 0 amide bonds. The SMILES string of the molecule is O=S(=O)(OCCN(Cc1ccccc1)Cc1ccccc1)c1ccccc1. The largest absolute Gasteiger partial charge is 0.297 e. The lowest BCUT2D eigenvalue weighted by Crippen LogP contribution is -2.27. The molecule has 3 rings (SSSR count). The molecule has 0 heterocycles. The van der Waals surface area contributed by atoms with Crippen molar-refractivity contribution in [2.75, 3.05) is 13.2 Å². The van der Waals surface area contributed by atoms with E-state index in [0.717, 1.165) is 13.1 Å². The maximum atomic E-state index is 12.3. The molecule has 27 heavy (non-hydrogen) atoms. The van der Waals surface area contributed by atoms with Gasteiger partial charge in [0, 0.05) is 19.6 Å². The minimum Gasteiger partial charge on any atom is -0.292 e. The predicted octanol–water partition coefficient (Wildman–Crippen LogP) is 4.09. The highest BCUT2D eigenvalue weighted by Gasteiger charge is 2.15. The van der Waals surface area contributed by atoms with Crippen molar-refractivity contribution in [2.45, 2.75) is 18.0 Å². The molecule has 0 aliphatic rings. The van der Waals surface area contributed by atoms with E-state index < -0.39 is 10.1 Å². The number of nitrogens with zero attached hydrogens (tertiary/aromatic N) is 1. The molecule has 3 aromatic carbocycles. The molecule has 0 aliphatic carbocycles. The minimum absolute atomic E-state index is 0.108. The average Bonchev–Trinajstić information content (AvgIpc) is 2.70. The van der Waals surface area contributed by atoms with Crippen molar-refractivity contribution in [3.8, 4) is 0 Å². The molecule has 0 radical (unpaired) electrons. The quantitative estimate of drug-likeness (QED) is 0.524. The fraction of sp³-hybridized carbons (Fsp3) is 0.182. The Kier molecular flexibility index (Phi) is 6.76. The molecule has 3 aromatic rings. The van der Waals surface area contributed by atoms with E-state index in [4.69, 9.17) is 4.18 Å². The molecule has 0 unspecified atom stereocenters. The zero-order chi connectivity index (χ0) is 19.0. The summed E-state index contributed by atoms with van der Waals surface area (Å²) in [5.74, 6) is 0. The van der Waals surface area contributed by atoms with Crippen molar-refractivity contribution < 1.29 is 12.6 Å². The highest BCUT2D eigenvalue weighted by Crippen LogP contribution is 2.13. The molecule has 0 bridgehead atoms. The van der Waals surface area contributed by atoms with Crippen LogP contribution in [0.5, 0.6) is 0 Å². The van der Waals surface area contributed by atoms with Gasteiger partial charge in [-0.1, -0.05) is 78.9 Å². The molecule has 0 aliphatic heterocycles. The first-order chi connectivity index (χ1) is 13.1. The normalized spacial score (nSPS) is 11.6. The van der Waals surface area contributed by atoms with Crippen LogP contribution < -0.4 is 0 Å². The highest BCUT2D eigenvalue weighted by atomic mass is 32.2. The summed E-state index contributed by atoms with van der Waals surface area (Å²) < 4.78 is 29.8. The van der Waals surface area contributed by atoms with Gasteiger partial charge >= 0.3 is 0 Å². The predicted molar refractivity (Wildman–Crippen MR) is 107 cm³/mol. The number of hydrogen-bond acceptors (Lipinski definition) is 4. The van der Waals surface area contributed by atoms with Crippen LogP contribution in [-0.4, -0.2) is 26.5 Å². The number of hydrogen-bond donors (Lipinski definition) is 0. The van der Waals surface area contributed by atoms with Gasteiger partial charge in [-0.25, -0.2) is 0 Å². The van der Waals surface area contributed by atoms with E-state index in [2.05, 4.69) is 29.2 Å². The lowest BCUT2D eigenvalue weighted by Gasteiger charge is -2.22. The summed E-state index contributed by atoms with van der Waals surface area (Å²) in [6, 6.07) is 28.5. The van der Waals surface area contributed by atoms with Crippen LogP contribution in [-0.2, 0) is 27.4 Å². The Morgan fingerprint density at radius 3 is 1.59 bits per heavy atom. The number of benzene rings is 3. The molecule has 0 fully saturated rings. The molecule has 0 saturated heterocycles. The summed E-state index contributed by atoms with van der Waals surface area (Å²) in [4.78, 5) is 2.37. The fourth-order valence-electron chi connectivity index (χ4n) is 2.83. The molecule has 0 atom stereocenters. The Balaban J connectivity index is 1.64. The first-order valence-electron chi connectivity index (χ1n) is 8.88. The summed E-state index contributed by atoms with van der Waals surface area (Å²) >= 11 is 0. The second kappa shape index (κ2) is 9.46. The van der Waals surface area contributed by atoms with Crippen LogP contribution in [0.2, 0.25) is 0 Å². The second-order valence-electron chi connectivity index (χ2n) is 6.27. The van der Waals surface area contributed by atoms with Gasteiger partial charge in [-0.05, 0) is 23.3 Å². The van der Waals surface area contributed by atoms with Crippen LogP contribution in [0.15, 0.2) is 95.9 Å². The van der Waals surface area contributed by atoms with Crippen LogP contribution >= 0.6 is 0 Å². The second-order valence-corrected chi connectivity index (χ2v) is 7.89. The van der Waals surface area contributed by atoms with Gasteiger partial charge in [0.25, 0.3) is 10.1 Å². The van der Waals surface area contributed by atoms with Crippen LogP contribution in [0, 0.1) is 0 Å². The molecule has 5 heteroatoms. The van der Waals surface area contributed by atoms with Crippen molar-refractivity contribution in [1.29, 1.82) is 0 Å². The third-order valence-electron chi connectivity index (χ3n) is 4.18. The van der Waals surface area contributed by atoms with Gasteiger partial charge in [0.15, 0.2) is 0 Å². The Morgan fingerprint density at radius 2 is 1.11 bits per heavy atom. The molecular formula is C22H23NO3S. The molecule has 4 nitrogen and oxygen atoms in total. The van der Waals surface area contributed by atoms with Gasteiger partial charge in [-0.15, -0.1) is 0 Å². The topological polar surface area (TPSA) is 46.6 Å². The lowest BCUT2D eigenvalue weighted by molar-refractivity contribution is 0.199. The Morgan fingerprint density at radius 1 is 0.667 bits per heavy atom. The molecule has 140 valence electrons. The smallest absolute Gasteiger partial charge is 0.292 e. The van der Waals surface area contributed by atoms with E-state index in [-0.39, 0.29) is 11.5 Å². The Labute approximate surface area is 161 Å². The third-order valence-corrected chi connectivity index (χ3v) is 5.50. The monoisotopic (exact) mass is 381 g/mol. The summed E-state index contributed by atoms with van der Waals surface area (Å²) in [7, 11) is -3.73. The van der Waals surface area contributed by atoms with Crippen LogP contribution in [0.3, 0.4) is 0 Å². The van der Waals surface area contributed by atoms with Crippen molar-refractivity contribution in [2.24, 2.45) is 0 Å². The zero-order valence-corrected chi connectivity index (χ0v) is 15.9. The Bertz CT molecular complexity index is 872. The fourth-order valence-corrected chi connectivity index (χ4v) is 3.75. The highest BCUT2D eigenvalue weighted by molar-refractivity contribution is 7.86. The molecule has 0 saturated carbocycles. The van der Waals surface area contributed by atoms with Gasteiger partial charge in [-0.3, -0.25) is 9.08 Å². The van der Waals surface area contributed by atoms with Crippen molar-refractivity contribution in [3.05, 3.63) is 102 Å². The molecular weight excluding hydrogens is 358 g/mol. The van der Waals surface area contributed by atoms with E-state index in [1.54, 1.807) is 30.3 Å². The van der Waals surface area contributed by atoms with E-state index in [1.165, 1.54) is 11.1 Å². The minimum atomic E-state index is -3.73. The van der Waals surface area contributed by atoms with Crippen molar-refractivity contribution >= 4 is 10.1 Å². The summed E-state index contributed by atoms with van der Waals surface area (Å²) in [5, 5.41) is 0. The van der Waals surface area contributed by atoms with E-state index >= 15 is 0 Å². The van der Waals surface area contributed by atoms with Gasteiger partial charge < -0.3 is 0 Å². The van der Waals surface area contributed by atoms with E-state index in [0.29, 0.717) is 6.54 Å². The summed E-state index contributed by atoms with van der Waals surface area (Å²) in [6.07, 6.45) is 0. The zero-order valence-electron chi connectivity index (χ0n) is 15.1. The summed E-state index contributed by atoms with van der Waals surface area (Å²) in [6.45, 7) is 2.07. The van der Waals surface area contributed by atoms with Crippen molar-refractivity contribution in [3.63, 3.8) is 0 Å². The van der Waals surface area contributed by atoms with Gasteiger partial charge in [0.2, 0.25) is 0 Å². The van der Waals surface area contributed by atoms with Gasteiger partial charge in [-0.2, -0.15) is 8.42 Å². The van der Waals surface area contributed by atoms with Crippen LogP contribution in [0.4, 0.5) is 0 Å².